The van der Waals surface area contributed by atoms with Crippen LogP contribution in [0, 0.1) is 13.8 Å². The van der Waals surface area contributed by atoms with Crippen molar-refractivity contribution < 1.29 is 43.1 Å². The van der Waals surface area contributed by atoms with E-state index in [9.17, 15) is 14.7 Å². The van der Waals surface area contributed by atoms with Gasteiger partial charge in [-0.15, -0.1) is 11.8 Å². The topological polar surface area (TPSA) is 144 Å². The summed E-state index contributed by atoms with van der Waals surface area (Å²) in [5.41, 5.74) is 6.69. The van der Waals surface area contributed by atoms with Gasteiger partial charge in [-0.05, 0) is 68.6 Å². The number of benzene rings is 3. The summed E-state index contributed by atoms with van der Waals surface area (Å²) in [6.07, 6.45) is 1.45. The Hall–Kier alpha value is -4.63. The second kappa shape index (κ2) is 12.4. The third-order valence-electron chi connectivity index (χ3n) is 12.9. The Morgan fingerprint density at radius 3 is 2.65 bits per heavy atom. The molecule has 14 heteroatoms. The molecule has 0 saturated carbocycles. The molecule has 6 atom stereocenters. The van der Waals surface area contributed by atoms with E-state index in [1.54, 1.807) is 26.0 Å². The second-order valence-corrected chi connectivity index (χ2v) is 16.7. The molecule has 4 bridgehead atoms. The van der Waals surface area contributed by atoms with E-state index in [-0.39, 0.29) is 48.5 Å². The zero-order valence-corrected chi connectivity index (χ0v) is 32.5. The van der Waals surface area contributed by atoms with Crippen molar-refractivity contribution in [2.24, 2.45) is 0 Å². The molecular weight excluding hydrogens is 725 g/mol. The first kappa shape index (κ1) is 34.8. The van der Waals surface area contributed by atoms with Crippen molar-refractivity contribution in [1.82, 2.24) is 20.1 Å². The molecule has 8 heterocycles. The number of piperazine rings is 1. The molecule has 13 nitrogen and oxygen atoms in total. The number of aromatic hydroxyl groups is 1. The molecule has 0 unspecified atom stereocenters. The number of aromatic nitrogens is 1. The quantitative estimate of drug-likeness (QED) is 0.193. The molecule has 1 spiro atoms. The van der Waals surface area contributed by atoms with E-state index < -0.39 is 17.6 Å². The number of ether oxygens (including phenoxy) is 6. The SMILES string of the molecule is COc1ccc2[nH]c3c(c2c1)CCN[C@]31CS[C@@H]2c3c(OC(C)=O)c(C)c4c(c3[C@H](COC1=O)N1C[C@@H]3Cc5cc(C)c(OC)c(O)c5[C@H]([C@H]21)N3C)OCO4. The number of methoxy groups -OCH3 is 2. The van der Waals surface area contributed by atoms with Crippen molar-refractivity contribution in [2.75, 3.05) is 53.5 Å². The molecule has 0 amide bonds. The zero-order chi connectivity index (χ0) is 38.1. The van der Waals surface area contributed by atoms with Crippen LogP contribution in [0.4, 0.5) is 0 Å². The molecule has 2 saturated heterocycles. The first-order valence-electron chi connectivity index (χ1n) is 18.8. The minimum Gasteiger partial charge on any atom is -0.504 e. The average molecular weight is 769 g/mol. The Balaban J connectivity index is 1.22. The number of hydrogen-bond acceptors (Lipinski definition) is 13. The van der Waals surface area contributed by atoms with Crippen LogP contribution >= 0.6 is 11.8 Å². The number of thioether (sulfide) groups is 1. The Labute approximate surface area is 322 Å². The van der Waals surface area contributed by atoms with Gasteiger partial charge in [0.15, 0.2) is 28.5 Å². The molecule has 3 N–H and O–H groups in total. The van der Waals surface area contributed by atoms with Crippen LogP contribution in [0.25, 0.3) is 10.9 Å². The van der Waals surface area contributed by atoms with Crippen LogP contribution in [0.1, 0.15) is 68.9 Å². The molecule has 7 aliphatic rings. The van der Waals surface area contributed by atoms with Gasteiger partial charge in [-0.25, -0.2) is 4.79 Å². The summed E-state index contributed by atoms with van der Waals surface area (Å²) in [6.45, 7) is 6.55. The number of carbonyl (C=O) groups is 2. The number of rotatable bonds is 3. The van der Waals surface area contributed by atoms with E-state index >= 15 is 0 Å². The Morgan fingerprint density at radius 2 is 1.87 bits per heavy atom. The van der Waals surface area contributed by atoms with Gasteiger partial charge in [0.2, 0.25) is 6.79 Å². The van der Waals surface area contributed by atoms with Crippen molar-refractivity contribution in [2.45, 2.75) is 68.6 Å². The molecule has 1 aromatic heterocycles. The van der Waals surface area contributed by atoms with E-state index in [1.165, 1.54) is 6.92 Å². The van der Waals surface area contributed by atoms with Crippen molar-refractivity contribution in [3.63, 3.8) is 0 Å². The number of nitrogens with zero attached hydrogens (tertiary/aromatic N) is 2. The minimum atomic E-state index is -1.21. The lowest BCUT2D eigenvalue weighted by molar-refractivity contribution is -0.156. The summed E-state index contributed by atoms with van der Waals surface area (Å²) in [4.78, 5) is 36.2. The number of aryl methyl sites for hydroxylation is 1. The third kappa shape index (κ3) is 4.77. The van der Waals surface area contributed by atoms with Gasteiger partial charge in [0.1, 0.15) is 18.1 Å². The molecule has 0 radical (unpaired) electrons. The molecular formula is C41H44N4O9S. The number of esters is 2. The number of aromatic amines is 1. The number of phenols is 1. The van der Waals surface area contributed by atoms with Crippen LogP contribution in [0.15, 0.2) is 24.3 Å². The normalized spacial score (nSPS) is 27.9. The highest BCUT2D eigenvalue weighted by Gasteiger charge is 2.59. The fraction of sp³-hybridized carbons (Fsp3) is 0.463. The van der Waals surface area contributed by atoms with Crippen LogP contribution in [0.3, 0.4) is 0 Å². The lowest BCUT2D eigenvalue weighted by atomic mass is 9.73. The first-order valence-corrected chi connectivity index (χ1v) is 19.8. The fourth-order valence-corrected chi connectivity index (χ4v) is 12.2. The predicted molar refractivity (Wildman–Crippen MR) is 204 cm³/mol. The summed E-state index contributed by atoms with van der Waals surface area (Å²) < 4.78 is 36.4. The zero-order valence-electron chi connectivity index (χ0n) is 31.7. The molecule has 4 aromatic rings. The number of nitrogens with one attached hydrogen (secondary N) is 2. The summed E-state index contributed by atoms with van der Waals surface area (Å²) in [6, 6.07) is 7.15. The van der Waals surface area contributed by atoms with Crippen molar-refractivity contribution >= 4 is 34.6 Å². The Kier molecular flexibility index (Phi) is 7.88. The van der Waals surface area contributed by atoms with Crippen LogP contribution in [-0.4, -0.2) is 97.4 Å². The van der Waals surface area contributed by atoms with Crippen molar-refractivity contribution in [3.05, 3.63) is 68.9 Å². The lowest BCUT2D eigenvalue weighted by Gasteiger charge is -2.60. The maximum atomic E-state index is 14.8. The summed E-state index contributed by atoms with van der Waals surface area (Å²) >= 11 is 1.64. The molecule has 288 valence electrons. The third-order valence-corrected chi connectivity index (χ3v) is 14.3. The van der Waals surface area contributed by atoms with Gasteiger partial charge in [0.05, 0.1) is 37.2 Å². The van der Waals surface area contributed by atoms with E-state index in [2.05, 4.69) is 33.2 Å². The van der Waals surface area contributed by atoms with Gasteiger partial charge in [-0.3, -0.25) is 19.9 Å². The van der Waals surface area contributed by atoms with E-state index in [0.29, 0.717) is 47.4 Å². The highest BCUT2D eigenvalue weighted by Crippen LogP contribution is 2.63. The summed E-state index contributed by atoms with van der Waals surface area (Å²) in [7, 11) is 5.37. The fourth-order valence-electron chi connectivity index (χ4n) is 10.5. The second-order valence-electron chi connectivity index (χ2n) is 15.6. The number of fused-ring (bicyclic) bond motifs is 11. The molecule has 7 aliphatic heterocycles. The summed E-state index contributed by atoms with van der Waals surface area (Å²) in [5.74, 6) is 2.41. The number of carbonyl (C=O) groups excluding carboxylic acids is 2. The standard InChI is InChI=1S/C41H44N4O9S/c1-18-11-21-12-22-14-45-27-15-51-40(48)41(39-24(9-10-42-41)25-13-23(49-5)7-8-26(25)43-39)16-55-38(32(45)31(44(22)4)28(21)33(47)34(18)50-6)30-29(27)37-36(52-17-53-37)19(2)35(30)54-20(3)46/h7-8,11,13,22,27,31-32,38,42-43,47H,9-10,12,14-17H2,1-6H3/t22-,27-,31+,32+,38+,41+/m0/s1. The van der Waals surface area contributed by atoms with Gasteiger partial charge in [0.25, 0.3) is 0 Å². The molecule has 55 heavy (non-hydrogen) atoms. The molecule has 11 rings (SSSR count). The van der Waals surface area contributed by atoms with Gasteiger partial charge in [-0.2, -0.15) is 0 Å². The van der Waals surface area contributed by atoms with Gasteiger partial charge in [0, 0.05) is 71.0 Å². The van der Waals surface area contributed by atoms with E-state index in [4.69, 9.17) is 28.4 Å². The van der Waals surface area contributed by atoms with Crippen molar-refractivity contribution in [3.8, 4) is 34.5 Å². The molecule has 0 aliphatic carbocycles. The number of hydrogen-bond donors (Lipinski definition) is 3. The summed E-state index contributed by atoms with van der Waals surface area (Å²) in [5, 5.41) is 16.3. The molecule has 3 aromatic carbocycles. The van der Waals surface area contributed by atoms with Crippen LogP contribution < -0.4 is 29.0 Å². The number of likely N-dealkylation sites (N-methyl/N-ethyl adjacent to an activating group) is 1. The van der Waals surface area contributed by atoms with Crippen LogP contribution in [0.2, 0.25) is 0 Å². The number of phenolic OH excluding ortho intramolecular Hbond substituents is 1. The number of H-pyrrole nitrogens is 1. The highest BCUT2D eigenvalue weighted by molar-refractivity contribution is 7.99. The predicted octanol–water partition coefficient (Wildman–Crippen LogP) is 4.87. The van der Waals surface area contributed by atoms with E-state index in [1.807, 2.05) is 32.0 Å². The van der Waals surface area contributed by atoms with Gasteiger partial charge < -0.3 is 38.5 Å². The maximum absolute atomic E-state index is 14.8. The first-order chi connectivity index (χ1) is 26.6. The van der Waals surface area contributed by atoms with Gasteiger partial charge in [-0.1, -0.05) is 6.07 Å². The average Bonchev–Trinajstić information content (AvgIpc) is 3.80. The largest absolute Gasteiger partial charge is 0.504 e. The Bertz CT molecular complexity index is 2330. The smallest absolute Gasteiger partial charge is 0.333 e. The lowest BCUT2D eigenvalue weighted by Crippen LogP contribution is -2.65. The maximum Gasteiger partial charge on any atom is 0.333 e. The Morgan fingerprint density at radius 1 is 1.05 bits per heavy atom. The monoisotopic (exact) mass is 768 g/mol. The highest BCUT2D eigenvalue weighted by atomic mass is 32.2. The van der Waals surface area contributed by atoms with E-state index in [0.717, 1.165) is 68.6 Å². The van der Waals surface area contributed by atoms with Crippen molar-refractivity contribution in [1.29, 1.82) is 0 Å². The van der Waals surface area contributed by atoms with Gasteiger partial charge >= 0.3 is 11.9 Å². The van der Waals surface area contributed by atoms with Crippen LogP contribution in [-0.2, 0) is 32.7 Å². The molecule has 2 fully saturated rings. The minimum absolute atomic E-state index is 0.0180. The van der Waals surface area contributed by atoms with Crippen LogP contribution in [0.5, 0.6) is 34.5 Å².